The van der Waals surface area contributed by atoms with Gasteiger partial charge in [-0.25, -0.2) is 14.2 Å². The van der Waals surface area contributed by atoms with Gasteiger partial charge in [-0.05, 0) is 48.7 Å². The molecule has 1 aliphatic rings. The van der Waals surface area contributed by atoms with Crippen LogP contribution >= 0.6 is 0 Å². The lowest BCUT2D eigenvalue weighted by Gasteiger charge is -2.36. The average Bonchev–Trinajstić information content (AvgIpc) is 2.71. The molecule has 1 aliphatic heterocycles. The minimum atomic E-state index is -0.902. The molecule has 0 saturated carbocycles. The van der Waals surface area contributed by atoms with Crippen molar-refractivity contribution >= 4 is 11.5 Å². The molecule has 1 unspecified atom stereocenters. The van der Waals surface area contributed by atoms with Crippen molar-refractivity contribution in [3.8, 4) is 5.75 Å². The molecule has 0 bridgehead atoms. The smallest absolute Gasteiger partial charge is 0.159 e. The summed E-state index contributed by atoms with van der Waals surface area (Å²) in [6.07, 6.45) is 3.85. The molecule has 0 spiro atoms. The summed E-state index contributed by atoms with van der Waals surface area (Å²) in [6.45, 7) is 1.97. The number of hydrogen-bond donors (Lipinski definition) is 1. The van der Waals surface area contributed by atoms with Crippen LogP contribution < -0.4 is 10.2 Å². The molecule has 0 saturated heterocycles. The summed E-state index contributed by atoms with van der Waals surface area (Å²) < 4.78 is 32.2. The van der Waals surface area contributed by atoms with Crippen LogP contribution in [0.25, 0.3) is 5.70 Å². The number of methoxy groups -OCH3 is 1. The van der Waals surface area contributed by atoms with E-state index in [9.17, 15) is 13.6 Å². The van der Waals surface area contributed by atoms with Gasteiger partial charge in [-0.3, -0.25) is 4.79 Å². The zero-order chi connectivity index (χ0) is 20.1. The van der Waals surface area contributed by atoms with E-state index in [2.05, 4.69) is 5.43 Å². The summed E-state index contributed by atoms with van der Waals surface area (Å²) in [5, 5.41) is 1.75. The van der Waals surface area contributed by atoms with Crippen LogP contribution in [0.1, 0.15) is 30.9 Å². The second-order valence-electron chi connectivity index (χ2n) is 6.81. The fourth-order valence-electron chi connectivity index (χ4n) is 3.23. The van der Waals surface area contributed by atoms with Gasteiger partial charge in [0.2, 0.25) is 0 Å². The number of nitrogens with one attached hydrogen (secondary N) is 1. The number of carbonyl (C=O) groups excluding carboxylic acids is 1. The van der Waals surface area contributed by atoms with Crippen molar-refractivity contribution in [2.24, 2.45) is 0 Å². The van der Waals surface area contributed by atoms with E-state index in [4.69, 9.17) is 4.74 Å². The van der Waals surface area contributed by atoms with E-state index >= 15 is 0 Å². The summed E-state index contributed by atoms with van der Waals surface area (Å²) in [7, 11) is 1.63. The zero-order valence-corrected chi connectivity index (χ0v) is 16.0. The van der Waals surface area contributed by atoms with Crippen molar-refractivity contribution in [3.05, 3.63) is 71.3 Å². The van der Waals surface area contributed by atoms with Crippen molar-refractivity contribution in [1.29, 1.82) is 0 Å². The minimum absolute atomic E-state index is 0.0612. The van der Waals surface area contributed by atoms with Crippen molar-refractivity contribution in [2.75, 3.05) is 13.7 Å². The number of ether oxygens (including phenoxy) is 1. The van der Waals surface area contributed by atoms with E-state index in [0.29, 0.717) is 24.1 Å². The molecule has 1 heterocycles. The van der Waals surface area contributed by atoms with Crippen molar-refractivity contribution < 1.29 is 18.3 Å². The van der Waals surface area contributed by atoms with Crippen LogP contribution in [0, 0.1) is 11.6 Å². The summed E-state index contributed by atoms with van der Waals surface area (Å²) in [6, 6.07) is 11.7. The molecule has 0 aromatic heterocycles. The maximum atomic E-state index is 13.7. The van der Waals surface area contributed by atoms with Gasteiger partial charge in [0.15, 0.2) is 17.4 Å². The van der Waals surface area contributed by atoms with E-state index in [1.807, 2.05) is 37.3 Å². The summed E-state index contributed by atoms with van der Waals surface area (Å²) >= 11 is 0. The van der Waals surface area contributed by atoms with Gasteiger partial charge in [0.25, 0.3) is 0 Å². The number of carbonyl (C=O) groups is 1. The van der Waals surface area contributed by atoms with Crippen molar-refractivity contribution in [1.82, 2.24) is 10.4 Å². The molecule has 148 valence electrons. The van der Waals surface area contributed by atoms with Crippen molar-refractivity contribution in [2.45, 2.75) is 32.2 Å². The third kappa shape index (κ3) is 4.75. The largest absolute Gasteiger partial charge is 0.497 e. The van der Waals surface area contributed by atoms with Gasteiger partial charge >= 0.3 is 0 Å². The van der Waals surface area contributed by atoms with E-state index in [1.165, 1.54) is 6.07 Å². The highest BCUT2D eigenvalue weighted by molar-refractivity contribution is 5.82. The molecular formula is C22H24F2N2O2. The lowest BCUT2D eigenvalue weighted by Crippen LogP contribution is -2.49. The minimum Gasteiger partial charge on any atom is -0.497 e. The first-order valence-corrected chi connectivity index (χ1v) is 9.34. The molecular weight excluding hydrogens is 362 g/mol. The van der Waals surface area contributed by atoms with Gasteiger partial charge in [0, 0.05) is 18.0 Å². The van der Waals surface area contributed by atoms with Crippen LogP contribution in [0.5, 0.6) is 5.75 Å². The molecule has 1 atom stereocenters. The van der Waals surface area contributed by atoms with Gasteiger partial charge in [-0.1, -0.05) is 25.1 Å². The Bertz CT molecular complexity index is 865. The van der Waals surface area contributed by atoms with E-state index in [0.717, 1.165) is 29.9 Å². The number of Topliss-reactive ketones (excluding diaryl/α,β-unsaturated/α-hetero) is 1. The van der Waals surface area contributed by atoms with Gasteiger partial charge in [0.1, 0.15) is 5.75 Å². The number of ketones is 1. The molecule has 3 rings (SSSR count). The molecule has 6 heteroatoms. The molecule has 4 nitrogen and oxygen atoms in total. The second-order valence-corrected chi connectivity index (χ2v) is 6.81. The van der Waals surface area contributed by atoms with Crippen LogP contribution in [-0.4, -0.2) is 30.5 Å². The quantitative estimate of drug-likeness (QED) is 0.777. The molecule has 0 radical (unpaired) electrons. The fraction of sp³-hybridized carbons (Fsp3) is 0.318. The Morgan fingerprint density at radius 2 is 1.93 bits per heavy atom. The normalized spacial score (nSPS) is 16.6. The standard InChI is InChI=1S/C22H24F2N2O2/c1-3-18(27)14-26-22(16-6-10-20(23)21(24)13-16)11-7-17(25-26)12-15-4-8-19(28-2)9-5-15/h4-6,8-11,13,17,25H,3,7,12,14H2,1-2H3. The Morgan fingerprint density at radius 3 is 2.57 bits per heavy atom. The summed E-state index contributed by atoms with van der Waals surface area (Å²) in [4.78, 5) is 12.1. The van der Waals surface area contributed by atoms with Crippen molar-refractivity contribution in [3.63, 3.8) is 0 Å². The highest BCUT2D eigenvalue weighted by Crippen LogP contribution is 2.26. The molecule has 0 fully saturated rings. The molecule has 1 N–H and O–H groups in total. The number of hydrazine groups is 1. The first-order valence-electron chi connectivity index (χ1n) is 9.34. The monoisotopic (exact) mass is 386 g/mol. The highest BCUT2D eigenvalue weighted by atomic mass is 19.2. The highest BCUT2D eigenvalue weighted by Gasteiger charge is 2.24. The Kier molecular flexibility index (Phi) is 6.41. The summed E-state index contributed by atoms with van der Waals surface area (Å²) in [5.74, 6) is -0.927. The van der Waals surface area contributed by atoms with E-state index in [1.54, 1.807) is 12.1 Å². The number of hydrogen-bond acceptors (Lipinski definition) is 4. The number of benzene rings is 2. The zero-order valence-electron chi connectivity index (χ0n) is 16.0. The van der Waals surface area contributed by atoms with Crippen LogP contribution in [0.4, 0.5) is 8.78 Å². The third-order valence-electron chi connectivity index (χ3n) is 4.81. The Labute approximate surface area is 163 Å². The summed E-state index contributed by atoms with van der Waals surface area (Å²) in [5.41, 5.74) is 5.75. The molecule has 2 aromatic carbocycles. The van der Waals surface area contributed by atoms with Crippen LogP contribution in [0.2, 0.25) is 0 Å². The third-order valence-corrected chi connectivity index (χ3v) is 4.81. The topological polar surface area (TPSA) is 41.6 Å². The maximum Gasteiger partial charge on any atom is 0.159 e. The lowest BCUT2D eigenvalue weighted by molar-refractivity contribution is -0.119. The predicted octanol–water partition coefficient (Wildman–Crippen LogP) is 4.12. The SMILES string of the molecule is CCC(=O)CN1NC(Cc2ccc(OC)cc2)CC=C1c1ccc(F)c(F)c1. The molecule has 28 heavy (non-hydrogen) atoms. The number of rotatable bonds is 7. The molecule has 2 aromatic rings. The predicted molar refractivity (Wildman–Crippen MR) is 105 cm³/mol. The second kappa shape index (κ2) is 8.97. The number of halogens is 2. The number of nitrogens with zero attached hydrogens (tertiary/aromatic N) is 1. The first kappa shape index (κ1) is 20.0. The van der Waals surface area contributed by atoms with Crippen LogP contribution in [0.3, 0.4) is 0 Å². The molecule has 0 amide bonds. The maximum absolute atomic E-state index is 13.7. The van der Waals surface area contributed by atoms with Crippen LogP contribution in [0.15, 0.2) is 48.5 Å². The first-order chi connectivity index (χ1) is 13.5. The van der Waals surface area contributed by atoms with Crippen LogP contribution in [-0.2, 0) is 11.2 Å². The Balaban J connectivity index is 1.80. The molecule has 0 aliphatic carbocycles. The van der Waals surface area contributed by atoms with Gasteiger partial charge < -0.3 is 9.75 Å². The van der Waals surface area contributed by atoms with E-state index < -0.39 is 11.6 Å². The van der Waals surface area contributed by atoms with Gasteiger partial charge in [-0.2, -0.15) is 0 Å². The Morgan fingerprint density at radius 1 is 1.18 bits per heavy atom. The fourth-order valence-corrected chi connectivity index (χ4v) is 3.23. The average molecular weight is 386 g/mol. The Hall–Kier alpha value is -2.73. The van der Waals surface area contributed by atoms with Gasteiger partial charge in [0.05, 0.1) is 19.4 Å². The van der Waals surface area contributed by atoms with E-state index in [-0.39, 0.29) is 18.4 Å². The lowest BCUT2D eigenvalue weighted by atomic mass is 9.99. The van der Waals surface area contributed by atoms with Gasteiger partial charge in [-0.15, -0.1) is 0 Å².